The van der Waals surface area contributed by atoms with Crippen LogP contribution < -0.4 is 16.2 Å². The number of hydrogen-bond acceptors (Lipinski definition) is 3. The van der Waals surface area contributed by atoms with E-state index in [2.05, 4.69) is 0 Å². The third-order valence-electron chi connectivity index (χ3n) is 3.15. The molecule has 0 aliphatic heterocycles. The van der Waals surface area contributed by atoms with Crippen LogP contribution in [0.3, 0.4) is 0 Å². The molecule has 0 saturated heterocycles. The number of alkyl halides is 1. The molecule has 3 nitrogen and oxygen atoms in total. The zero-order valence-corrected chi connectivity index (χ0v) is 11.5. The van der Waals surface area contributed by atoms with E-state index >= 15 is 0 Å². The van der Waals surface area contributed by atoms with Crippen molar-refractivity contribution in [3.8, 4) is 5.75 Å². The molecule has 1 unspecified atom stereocenters. The zero-order chi connectivity index (χ0) is 13.8. The molecule has 0 fully saturated rings. The molecule has 19 heavy (non-hydrogen) atoms. The van der Waals surface area contributed by atoms with Gasteiger partial charge in [0.05, 0.1) is 12.8 Å². The van der Waals surface area contributed by atoms with Crippen molar-refractivity contribution in [3.05, 3.63) is 53.6 Å². The van der Waals surface area contributed by atoms with Gasteiger partial charge in [0.2, 0.25) is 0 Å². The minimum absolute atomic E-state index is 0.0942. The van der Waals surface area contributed by atoms with Gasteiger partial charge in [0.1, 0.15) is 5.75 Å². The van der Waals surface area contributed by atoms with Gasteiger partial charge >= 0.3 is 0 Å². The zero-order valence-electron chi connectivity index (χ0n) is 10.8. The minimum atomic E-state index is 0.0942. The van der Waals surface area contributed by atoms with E-state index in [0.717, 1.165) is 16.8 Å². The number of ether oxygens (including phenoxy) is 1. The average Bonchev–Trinajstić information content (AvgIpc) is 2.43. The number of benzene rings is 2. The van der Waals surface area contributed by atoms with Gasteiger partial charge in [-0.15, -0.1) is 11.6 Å². The molecule has 0 aliphatic carbocycles. The molecule has 0 saturated carbocycles. The summed E-state index contributed by atoms with van der Waals surface area (Å²) in [5.41, 5.74) is 15.1. The lowest BCUT2D eigenvalue weighted by Crippen LogP contribution is -2.04. The first-order chi connectivity index (χ1) is 9.15. The van der Waals surface area contributed by atoms with Gasteiger partial charge < -0.3 is 16.2 Å². The second kappa shape index (κ2) is 5.85. The lowest BCUT2D eigenvalue weighted by molar-refractivity contribution is 0.416. The summed E-state index contributed by atoms with van der Waals surface area (Å²) in [5.74, 6) is 1.25. The molecule has 0 aromatic heterocycles. The molecular formula is C15H17ClN2O. The maximum atomic E-state index is 6.11. The normalized spacial score (nSPS) is 12.1. The predicted octanol–water partition coefficient (Wildman–Crippen LogP) is 3.23. The lowest BCUT2D eigenvalue weighted by atomic mass is 9.92. The van der Waals surface area contributed by atoms with Gasteiger partial charge in [-0.2, -0.15) is 0 Å². The van der Waals surface area contributed by atoms with Crippen LogP contribution in [0.1, 0.15) is 17.0 Å². The van der Waals surface area contributed by atoms with Crippen molar-refractivity contribution in [2.75, 3.05) is 24.5 Å². The predicted molar refractivity (Wildman–Crippen MR) is 80.8 cm³/mol. The second-order valence-corrected chi connectivity index (χ2v) is 4.68. The third kappa shape index (κ3) is 2.93. The Balaban J connectivity index is 2.39. The summed E-state index contributed by atoms with van der Waals surface area (Å²) >= 11 is 6.11. The molecule has 4 heteroatoms. The summed E-state index contributed by atoms with van der Waals surface area (Å²) < 4.78 is 5.25. The van der Waals surface area contributed by atoms with Crippen LogP contribution in [0.15, 0.2) is 42.5 Å². The highest BCUT2D eigenvalue weighted by Crippen LogP contribution is 2.31. The molecule has 2 rings (SSSR count). The SMILES string of the molecule is COc1cc(C(CCl)c2ccc(N)cc2)ccc1N. The fraction of sp³-hybridized carbons (Fsp3) is 0.200. The number of anilines is 2. The van der Waals surface area contributed by atoms with Crippen LogP contribution in [-0.2, 0) is 0 Å². The van der Waals surface area contributed by atoms with Gasteiger partial charge in [-0.1, -0.05) is 18.2 Å². The number of hydrogen-bond donors (Lipinski definition) is 2. The summed E-state index contributed by atoms with van der Waals surface area (Å²) in [7, 11) is 1.61. The molecule has 100 valence electrons. The molecule has 0 spiro atoms. The van der Waals surface area contributed by atoms with Crippen molar-refractivity contribution >= 4 is 23.0 Å². The fourth-order valence-corrected chi connectivity index (χ4v) is 2.40. The van der Waals surface area contributed by atoms with E-state index in [-0.39, 0.29) is 5.92 Å². The molecular weight excluding hydrogens is 260 g/mol. The molecule has 0 bridgehead atoms. The number of nitrogen functional groups attached to an aromatic ring is 2. The first kappa shape index (κ1) is 13.6. The summed E-state index contributed by atoms with van der Waals surface area (Å²) in [5, 5.41) is 0. The Morgan fingerprint density at radius 2 is 1.68 bits per heavy atom. The fourth-order valence-electron chi connectivity index (χ4n) is 2.04. The smallest absolute Gasteiger partial charge is 0.142 e. The minimum Gasteiger partial charge on any atom is -0.495 e. The van der Waals surface area contributed by atoms with E-state index in [0.29, 0.717) is 17.3 Å². The summed E-state index contributed by atoms with van der Waals surface area (Å²) in [6.45, 7) is 0. The monoisotopic (exact) mass is 276 g/mol. The van der Waals surface area contributed by atoms with Gasteiger partial charge in [0.15, 0.2) is 0 Å². The van der Waals surface area contributed by atoms with Crippen LogP contribution >= 0.6 is 11.6 Å². The molecule has 0 radical (unpaired) electrons. The van der Waals surface area contributed by atoms with Crippen LogP contribution in [0.25, 0.3) is 0 Å². The third-order valence-corrected chi connectivity index (χ3v) is 3.46. The Kier molecular flexibility index (Phi) is 4.17. The van der Waals surface area contributed by atoms with E-state index < -0.39 is 0 Å². The van der Waals surface area contributed by atoms with Crippen LogP contribution in [-0.4, -0.2) is 13.0 Å². The van der Waals surface area contributed by atoms with Gasteiger partial charge in [-0.05, 0) is 35.4 Å². The number of methoxy groups -OCH3 is 1. The van der Waals surface area contributed by atoms with E-state index in [1.165, 1.54) is 0 Å². The highest BCUT2D eigenvalue weighted by molar-refractivity contribution is 6.18. The average molecular weight is 277 g/mol. The molecule has 1 atom stereocenters. The number of rotatable bonds is 4. The Labute approximate surface area is 118 Å². The summed E-state index contributed by atoms with van der Waals surface area (Å²) in [6.07, 6.45) is 0. The second-order valence-electron chi connectivity index (χ2n) is 4.37. The first-order valence-corrected chi connectivity index (χ1v) is 6.54. The van der Waals surface area contributed by atoms with E-state index in [1.54, 1.807) is 7.11 Å². The van der Waals surface area contributed by atoms with Crippen LogP contribution in [0.2, 0.25) is 0 Å². The van der Waals surface area contributed by atoms with Crippen molar-refractivity contribution in [3.63, 3.8) is 0 Å². The first-order valence-electron chi connectivity index (χ1n) is 6.00. The van der Waals surface area contributed by atoms with E-state index in [1.807, 2.05) is 42.5 Å². The lowest BCUT2D eigenvalue weighted by Gasteiger charge is -2.17. The number of nitrogens with two attached hydrogens (primary N) is 2. The van der Waals surface area contributed by atoms with Crippen LogP contribution in [0.4, 0.5) is 11.4 Å². The summed E-state index contributed by atoms with van der Waals surface area (Å²) in [4.78, 5) is 0. The largest absolute Gasteiger partial charge is 0.495 e. The molecule has 2 aromatic rings. The van der Waals surface area contributed by atoms with Gasteiger partial charge in [-0.3, -0.25) is 0 Å². The highest BCUT2D eigenvalue weighted by Gasteiger charge is 2.14. The van der Waals surface area contributed by atoms with E-state index in [4.69, 9.17) is 27.8 Å². The van der Waals surface area contributed by atoms with Crippen molar-refractivity contribution in [2.45, 2.75) is 5.92 Å². The highest BCUT2D eigenvalue weighted by atomic mass is 35.5. The van der Waals surface area contributed by atoms with Crippen molar-refractivity contribution in [1.82, 2.24) is 0 Å². The quantitative estimate of drug-likeness (QED) is 0.666. The Morgan fingerprint density at radius 1 is 1.05 bits per heavy atom. The molecule has 4 N–H and O–H groups in total. The van der Waals surface area contributed by atoms with Gasteiger partial charge in [0, 0.05) is 17.5 Å². The van der Waals surface area contributed by atoms with Gasteiger partial charge in [-0.25, -0.2) is 0 Å². The van der Waals surface area contributed by atoms with Crippen molar-refractivity contribution < 1.29 is 4.74 Å². The molecule has 0 amide bonds. The van der Waals surface area contributed by atoms with Crippen molar-refractivity contribution in [1.29, 1.82) is 0 Å². The summed E-state index contributed by atoms with van der Waals surface area (Å²) in [6, 6.07) is 13.5. The Hall–Kier alpha value is -1.87. The topological polar surface area (TPSA) is 61.3 Å². The molecule has 2 aromatic carbocycles. The maximum Gasteiger partial charge on any atom is 0.142 e. The van der Waals surface area contributed by atoms with Gasteiger partial charge in [0.25, 0.3) is 0 Å². The maximum absolute atomic E-state index is 6.11. The van der Waals surface area contributed by atoms with Crippen LogP contribution in [0.5, 0.6) is 5.75 Å². The van der Waals surface area contributed by atoms with Crippen molar-refractivity contribution in [2.24, 2.45) is 0 Å². The van der Waals surface area contributed by atoms with E-state index in [9.17, 15) is 0 Å². The molecule has 0 heterocycles. The molecule has 0 aliphatic rings. The Morgan fingerprint density at radius 3 is 2.26 bits per heavy atom. The standard InChI is InChI=1S/C15H17ClN2O/c1-19-15-8-11(4-7-14(15)18)13(9-16)10-2-5-12(17)6-3-10/h2-8,13H,9,17-18H2,1H3. The Bertz CT molecular complexity index is 555. The van der Waals surface area contributed by atoms with Crippen LogP contribution in [0, 0.1) is 0 Å². The number of halogens is 1.